The first kappa shape index (κ1) is 59.9. The van der Waals surface area contributed by atoms with E-state index in [-0.39, 0.29) is 0 Å². The largest absolute Gasteiger partial charge is 0.370 e. The van der Waals surface area contributed by atoms with Crippen LogP contribution in [0.15, 0.2) is 24.3 Å². The summed E-state index contributed by atoms with van der Waals surface area (Å²) in [6.07, 6.45) is 24.1. The number of hydrogen-bond donors (Lipinski definition) is 2. The number of ether oxygens (including phenoxy) is 5. The van der Waals surface area contributed by atoms with E-state index in [1.807, 2.05) is 20.6 Å². The average Bonchev–Trinajstić information content (AvgIpc) is 4.04. The van der Waals surface area contributed by atoms with Gasteiger partial charge in [-0.2, -0.15) is 0 Å². The zero-order valence-electron chi connectivity index (χ0n) is 37.1. The Morgan fingerprint density at radius 1 is 0.618 bits per heavy atom. The third kappa shape index (κ3) is 59.0. The zero-order valence-corrected chi connectivity index (χ0v) is 37.1. The Morgan fingerprint density at radius 2 is 0.927 bits per heavy atom. The van der Waals surface area contributed by atoms with E-state index in [0.717, 1.165) is 39.5 Å². The SMILES string of the molecule is C1CCNCC1.C1COCO1.C1COCO1.C=O.CC.CN1CC=CCC1.CN1CC=CCC1.CN1CCCCC1.CN1CCCCC1.COCN.[C-]#[N+]C. The predicted octanol–water partition coefficient (Wildman–Crippen LogP) is 5.63. The fourth-order valence-corrected chi connectivity index (χ4v) is 5.01. The van der Waals surface area contributed by atoms with Gasteiger partial charge in [0, 0.05) is 33.3 Å². The minimum absolute atomic E-state index is 0.319. The van der Waals surface area contributed by atoms with Gasteiger partial charge in [-0.15, -0.1) is 0 Å². The molecule has 0 saturated carbocycles. The maximum atomic E-state index is 8.00. The number of hydrogen-bond acceptors (Lipinski definition) is 12. The zero-order chi connectivity index (χ0) is 41.9. The normalized spacial score (nSPS) is 20.1. The van der Waals surface area contributed by atoms with Gasteiger partial charge in [0.05, 0.1) is 33.2 Å². The molecule has 5 saturated heterocycles. The van der Waals surface area contributed by atoms with E-state index in [1.54, 1.807) is 7.11 Å². The van der Waals surface area contributed by atoms with Gasteiger partial charge in [-0.25, -0.2) is 6.57 Å². The first-order chi connectivity index (χ1) is 26.9. The highest BCUT2D eigenvalue weighted by molar-refractivity contribution is 5.11. The molecule has 0 aliphatic carbocycles. The van der Waals surface area contributed by atoms with E-state index in [4.69, 9.17) is 36.0 Å². The van der Waals surface area contributed by atoms with Crippen LogP contribution in [-0.4, -0.2) is 181 Å². The van der Waals surface area contributed by atoms with Crippen molar-refractivity contribution in [3.63, 3.8) is 0 Å². The van der Waals surface area contributed by atoms with Gasteiger partial charge in [0.25, 0.3) is 0 Å². The number of nitrogens with one attached hydrogen (secondary N) is 1. The van der Waals surface area contributed by atoms with Crippen LogP contribution < -0.4 is 11.1 Å². The van der Waals surface area contributed by atoms with Crippen LogP contribution in [0.4, 0.5) is 0 Å². The monoisotopic (exact) mass is 788 g/mol. The van der Waals surface area contributed by atoms with Crippen molar-refractivity contribution in [2.75, 3.05) is 155 Å². The summed E-state index contributed by atoms with van der Waals surface area (Å²) in [5.41, 5.74) is 4.81. The highest BCUT2D eigenvalue weighted by Crippen LogP contribution is 2.05. The lowest BCUT2D eigenvalue weighted by atomic mass is 10.1. The maximum Gasteiger partial charge on any atom is 0.205 e. The molecule has 0 unspecified atom stereocenters. The standard InChI is InChI=1S/2C6H13N.2C6H11N.C5H11N.2C3H6O2.C2H7NO.C2H3N.C2H6.CH2O/c4*1-7-5-3-2-4-6-7;1-2-4-6-5-3-1;2*1-2-5-3-4-1;1-4-2-3;1-3-2;2*1-2/h2*2-6H2,1H3;2*2-3H,4-6H2,1H3;6H,1-5H2;2*1-3H2;2-3H2,1H3;1H3;1-2H3;1H2. The minimum atomic E-state index is 0.319. The summed E-state index contributed by atoms with van der Waals surface area (Å²) in [4.78, 5) is 20.1. The van der Waals surface area contributed by atoms with Gasteiger partial charge < -0.3 is 64.0 Å². The molecule has 7 rings (SSSR count). The lowest BCUT2D eigenvalue weighted by Gasteiger charge is -2.20. The molecule has 7 heterocycles. The second-order valence-electron chi connectivity index (χ2n) is 13.1. The molecule has 0 aromatic rings. The minimum Gasteiger partial charge on any atom is -0.370 e. The van der Waals surface area contributed by atoms with Gasteiger partial charge in [-0.05, 0) is 119 Å². The van der Waals surface area contributed by atoms with Gasteiger partial charge in [0.1, 0.15) is 20.4 Å². The van der Waals surface area contributed by atoms with Crippen LogP contribution >= 0.6 is 0 Å². The molecule has 0 amide bonds. The Balaban J connectivity index is -0.000000265. The van der Waals surface area contributed by atoms with Crippen LogP contribution in [-0.2, 0) is 28.5 Å². The van der Waals surface area contributed by atoms with Crippen molar-refractivity contribution in [2.45, 2.75) is 84.5 Å². The molecule has 13 nitrogen and oxygen atoms in total. The molecule has 7 aliphatic rings. The Labute approximate surface area is 340 Å². The van der Waals surface area contributed by atoms with Gasteiger partial charge in [-0.1, -0.05) is 57.4 Å². The lowest BCUT2D eigenvalue weighted by Crippen LogP contribution is -2.24. The topological polar surface area (TPSA) is 119 Å². The number of nitrogens with two attached hydrogens (primary N) is 1. The van der Waals surface area contributed by atoms with E-state index in [2.05, 4.69) is 87.0 Å². The summed E-state index contributed by atoms with van der Waals surface area (Å²) in [5, 5.41) is 3.28. The number of methoxy groups -OCH3 is 1. The van der Waals surface area contributed by atoms with Crippen LogP contribution in [0.1, 0.15) is 84.5 Å². The van der Waals surface area contributed by atoms with Crippen molar-refractivity contribution in [1.29, 1.82) is 0 Å². The molecule has 0 aromatic carbocycles. The number of likely N-dealkylation sites (N-methyl/N-ethyl adjacent to an activating group) is 2. The Kier molecular flexibility index (Phi) is 61.6. The first-order valence-corrected chi connectivity index (χ1v) is 20.7. The van der Waals surface area contributed by atoms with Gasteiger partial charge in [-0.3, -0.25) is 0 Å². The third-order valence-corrected chi connectivity index (χ3v) is 8.13. The van der Waals surface area contributed by atoms with Crippen LogP contribution in [0, 0.1) is 6.57 Å². The number of piperidine rings is 3. The predicted molar refractivity (Wildman–Crippen MR) is 233 cm³/mol. The molecule has 0 bridgehead atoms. The molecular weight excluding hydrogens is 699 g/mol. The Morgan fingerprint density at radius 3 is 1.04 bits per heavy atom. The molecular formula is C42H89N7O6. The number of nitrogens with zero attached hydrogens (tertiary/aromatic N) is 5. The number of likely N-dealkylation sites (tertiary alicyclic amines) is 2. The second kappa shape index (κ2) is 56.5. The summed E-state index contributed by atoms with van der Waals surface area (Å²) >= 11 is 0. The van der Waals surface area contributed by atoms with Gasteiger partial charge in [0.2, 0.25) is 7.05 Å². The van der Waals surface area contributed by atoms with E-state index >= 15 is 0 Å². The first-order valence-electron chi connectivity index (χ1n) is 20.7. The maximum absolute atomic E-state index is 8.00. The van der Waals surface area contributed by atoms with Crippen molar-refractivity contribution in [3.05, 3.63) is 35.7 Å². The summed E-state index contributed by atoms with van der Waals surface area (Å²) in [6, 6.07) is 0. The quantitative estimate of drug-likeness (QED) is 0.195. The highest BCUT2D eigenvalue weighted by atomic mass is 16.7. The molecule has 0 atom stereocenters. The number of carbonyl (C=O) groups excluding carboxylic acids is 1. The van der Waals surface area contributed by atoms with E-state index in [0.29, 0.717) is 20.3 Å². The van der Waals surface area contributed by atoms with Crippen molar-refractivity contribution in [3.8, 4) is 0 Å². The molecule has 5 fully saturated rings. The smallest absolute Gasteiger partial charge is 0.205 e. The summed E-state index contributed by atoms with van der Waals surface area (Å²) in [5.74, 6) is 0. The Bertz CT molecular complexity index is 691. The van der Waals surface area contributed by atoms with Crippen molar-refractivity contribution >= 4 is 6.79 Å². The van der Waals surface area contributed by atoms with Crippen LogP contribution in [0.5, 0.6) is 0 Å². The van der Waals surface area contributed by atoms with E-state index in [1.165, 1.54) is 130 Å². The molecule has 328 valence electrons. The molecule has 3 N–H and O–H groups in total. The summed E-state index contributed by atoms with van der Waals surface area (Å²) in [7, 11) is 11.6. The molecule has 0 radical (unpaired) electrons. The number of rotatable bonds is 1. The summed E-state index contributed by atoms with van der Waals surface area (Å²) < 4.78 is 23.2. The molecule has 13 heteroatoms. The molecule has 7 aliphatic heterocycles. The van der Waals surface area contributed by atoms with Crippen molar-refractivity contribution in [1.82, 2.24) is 24.9 Å². The molecule has 55 heavy (non-hydrogen) atoms. The van der Waals surface area contributed by atoms with Crippen molar-refractivity contribution in [2.24, 2.45) is 5.73 Å². The fraction of sp³-hybridized carbons (Fsp3) is 0.857. The lowest BCUT2D eigenvalue weighted by molar-refractivity contribution is -0.0980. The Hall–Kier alpha value is -1.80. The van der Waals surface area contributed by atoms with Crippen molar-refractivity contribution < 1.29 is 28.5 Å². The third-order valence-electron chi connectivity index (χ3n) is 8.13. The fourth-order valence-electron chi connectivity index (χ4n) is 5.01. The molecule has 0 spiro atoms. The van der Waals surface area contributed by atoms with Gasteiger partial charge in [0.15, 0.2) is 0 Å². The van der Waals surface area contributed by atoms with Crippen LogP contribution in [0.2, 0.25) is 0 Å². The number of carbonyl (C=O) groups is 1. The van der Waals surface area contributed by atoms with E-state index in [9.17, 15) is 0 Å². The average molecular weight is 788 g/mol. The molecule has 0 aromatic heterocycles. The van der Waals surface area contributed by atoms with Crippen LogP contribution in [0.25, 0.3) is 4.85 Å². The second-order valence-corrected chi connectivity index (χ2v) is 13.1. The van der Waals surface area contributed by atoms with E-state index < -0.39 is 0 Å². The van der Waals surface area contributed by atoms with Crippen LogP contribution in [0.3, 0.4) is 0 Å². The highest BCUT2D eigenvalue weighted by Gasteiger charge is 2.03. The van der Waals surface area contributed by atoms with Gasteiger partial charge >= 0.3 is 0 Å². The summed E-state index contributed by atoms with van der Waals surface area (Å²) in [6.45, 7) is 28.8.